The van der Waals surface area contributed by atoms with E-state index in [0.717, 1.165) is 5.56 Å². The van der Waals surface area contributed by atoms with Crippen molar-refractivity contribution in [3.63, 3.8) is 0 Å². The molecule has 2 N–H and O–H groups in total. The van der Waals surface area contributed by atoms with Crippen LogP contribution in [0.2, 0.25) is 0 Å². The number of rotatable bonds is 5. The molecule has 1 aliphatic carbocycles. The number of aromatic nitrogens is 2. The van der Waals surface area contributed by atoms with Crippen LogP contribution in [0, 0.1) is 11.7 Å². The SMILES string of the molecule is Cn1cc([C@H](NC(=O)Cc2cccc(F)c2)C2CC(O)C2)cn1. The summed E-state index contributed by atoms with van der Waals surface area (Å²) in [6.45, 7) is 0. The Morgan fingerprint density at radius 1 is 1.52 bits per heavy atom. The highest BCUT2D eigenvalue weighted by Crippen LogP contribution is 2.37. The van der Waals surface area contributed by atoms with Crippen LogP contribution in [0.3, 0.4) is 0 Å². The molecule has 1 aliphatic rings. The summed E-state index contributed by atoms with van der Waals surface area (Å²) in [5, 5.41) is 16.7. The molecule has 1 fully saturated rings. The fourth-order valence-corrected chi connectivity index (χ4v) is 3.03. The number of aryl methyl sites for hydroxylation is 1. The molecule has 5 nitrogen and oxygen atoms in total. The number of aliphatic hydroxyl groups excluding tert-OH is 1. The quantitative estimate of drug-likeness (QED) is 0.882. The summed E-state index contributed by atoms with van der Waals surface area (Å²) < 4.78 is 14.9. The van der Waals surface area contributed by atoms with Gasteiger partial charge in [0.2, 0.25) is 5.91 Å². The Bertz CT molecular complexity index is 695. The average Bonchev–Trinajstić information content (AvgIpc) is 2.88. The van der Waals surface area contributed by atoms with Crippen molar-refractivity contribution in [1.29, 1.82) is 0 Å². The minimum absolute atomic E-state index is 0.129. The fourth-order valence-electron chi connectivity index (χ4n) is 3.03. The Morgan fingerprint density at radius 2 is 2.30 bits per heavy atom. The molecule has 23 heavy (non-hydrogen) atoms. The molecule has 3 rings (SSSR count). The first-order chi connectivity index (χ1) is 11.0. The van der Waals surface area contributed by atoms with Gasteiger partial charge >= 0.3 is 0 Å². The monoisotopic (exact) mass is 317 g/mol. The highest BCUT2D eigenvalue weighted by molar-refractivity contribution is 5.79. The van der Waals surface area contributed by atoms with Gasteiger partial charge < -0.3 is 10.4 Å². The predicted molar refractivity (Wildman–Crippen MR) is 82.9 cm³/mol. The van der Waals surface area contributed by atoms with Gasteiger partial charge in [0.05, 0.1) is 24.8 Å². The number of nitrogens with zero attached hydrogens (tertiary/aromatic N) is 2. The van der Waals surface area contributed by atoms with Crippen LogP contribution in [0.1, 0.15) is 30.0 Å². The van der Waals surface area contributed by atoms with E-state index < -0.39 is 0 Å². The smallest absolute Gasteiger partial charge is 0.224 e. The van der Waals surface area contributed by atoms with Crippen molar-refractivity contribution in [1.82, 2.24) is 15.1 Å². The number of benzene rings is 1. The van der Waals surface area contributed by atoms with Crippen LogP contribution in [0.25, 0.3) is 0 Å². The van der Waals surface area contributed by atoms with Crippen molar-refractivity contribution in [3.05, 3.63) is 53.6 Å². The molecule has 0 radical (unpaired) electrons. The summed E-state index contributed by atoms with van der Waals surface area (Å²) in [4.78, 5) is 12.3. The van der Waals surface area contributed by atoms with Crippen LogP contribution < -0.4 is 5.32 Å². The fraction of sp³-hybridized carbons (Fsp3) is 0.412. The van der Waals surface area contributed by atoms with E-state index in [1.165, 1.54) is 12.1 Å². The second-order valence-corrected chi connectivity index (χ2v) is 6.18. The van der Waals surface area contributed by atoms with Gasteiger partial charge in [-0.2, -0.15) is 5.10 Å². The average molecular weight is 317 g/mol. The van der Waals surface area contributed by atoms with E-state index in [1.807, 2.05) is 13.2 Å². The van der Waals surface area contributed by atoms with E-state index in [9.17, 15) is 14.3 Å². The molecule has 122 valence electrons. The van der Waals surface area contributed by atoms with E-state index in [2.05, 4.69) is 10.4 Å². The van der Waals surface area contributed by atoms with E-state index in [-0.39, 0.29) is 36.2 Å². The Balaban J connectivity index is 1.69. The normalized spacial score (nSPS) is 21.5. The van der Waals surface area contributed by atoms with Gasteiger partial charge in [-0.25, -0.2) is 4.39 Å². The molecule has 0 saturated heterocycles. The first kappa shape index (κ1) is 15.7. The molecule has 1 atom stereocenters. The van der Waals surface area contributed by atoms with Crippen LogP contribution in [-0.2, 0) is 18.3 Å². The maximum absolute atomic E-state index is 13.2. The van der Waals surface area contributed by atoms with Gasteiger partial charge in [0.15, 0.2) is 0 Å². The molecule has 0 bridgehead atoms. The Labute approximate surface area is 134 Å². The van der Waals surface area contributed by atoms with E-state index >= 15 is 0 Å². The van der Waals surface area contributed by atoms with E-state index in [0.29, 0.717) is 18.4 Å². The van der Waals surface area contributed by atoms with Crippen LogP contribution in [-0.4, -0.2) is 26.9 Å². The van der Waals surface area contributed by atoms with Crippen molar-refractivity contribution in [2.75, 3.05) is 0 Å². The van der Waals surface area contributed by atoms with Gasteiger partial charge in [-0.3, -0.25) is 9.48 Å². The summed E-state index contributed by atoms with van der Waals surface area (Å²) in [5.41, 5.74) is 1.57. The molecule has 1 amide bonds. The summed E-state index contributed by atoms with van der Waals surface area (Å²) in [6.07, 6.45) is 4.78. The van der Waals surface area contributed by atoms with Gasteiger partial charge in [0.25, 0.3) is 0 Å². The molecule has 1 saturated carbocycles. The zero-order chi connectivity index (χ0) is 16.4. The lowest BCUT2D eigenvalue weighted by atomic mass is 9.75. The number of carbonyl (C=O) groups excluding carboxylic acids is 1. The molecule has 0 aliphatic heterocycles. The molecular weight excluding hydrogens is 297 g/mol. The molecule has 6 heteroatoms. The van der Waals surface area contributed by atoms with Crippen LogP contribution in [0.15, 0.2) is 36.7 Å². The van der Waals surface area contributed by atoms with Gasteiger partial charge in [0.1, 0.15) is 5.82 Å². The molecule has 0 spiro atoms. The van der Waals surface area contributed by atoms with Crippen molar-refractivity contribution in [3.8, 4) is 0 Å². The predicted octanol–water partition coefficient (Wildman–Crippen LogP) is 1.73. The van der Waals surface area contributed by atoms with Crippen LogP contribution >= 0.6 is 0 Å². The van der Waals surface area contributed by atoms with E-state index in [4.69, 9.17) is 0 Å². The van der Waals surface area contributed by atoms with Crippen LogP contribution in [0.4, 0.5) is 4.39 Å². The van der Waals surface area contributed by atoms with Gasteiger partial charge in [-0.1, -0.05) is 12.1 Å². The Kier molecular flexibility index (Phi) is 4.43. The molecule has 0 unspecified atom stereocenters. The number of halogens is 1. The zero-order valence-corrected chi connectivity index (χ0v) is 12.9. The standard InChI is InChI=1S/C17H20FN3O2/c1-21-10-13(9-19-21)17(12-7-15(22)8-12)20-16(23)6-11-3-2-4-14(18)5-11/h2-5,9-10,12,15,17,22H,6-8H2,1H3,(H,20,23)/t12?,15?,17-/m1/s1. The zero-order valence-electron chi connectivity index (χ0n) is 12.9. The molecule has 1 aromatic carbocycles. The maximum atomic E-state index is 13.2. The van der Waals surface area contributed by atoms with Crippen LogP contribution in [0.5, 0.6) is 0 Å². The number of nitrogens with one attached hydrogen (secondary N) is 1. The van der Waals surface area contributed by atoms with E-state index in [1.54, 1.807) is 23.0 Å². The number of carbonyl (C=O) groups is 1. The molecule has 1 aromatic heterocycles. The lowest BCUT2D eigenvalue weighted by Crippen LogP contribution is -2.41. The Hall–Kier alpha value is -2.21. The van der Waals surface area contributed by atoms with Gasteiger partial charge in [0, 0.05) is 18.8 Å². The minimum Gasteiger partial charge on any atom is -0.393 e. The van der Waals surface area contributed by atoms with Crippen molar-refractivity contribution >= 4 is 5.91 Å². The second-order valence-electron chi connectivity index (χ2n) is 6.18. The summed E-state index contributed by atoms with van der Waals surface area (Å²) in [7, 11) is 1.82. The number of hydrogen-bond acceptors (Lipinski definition) is 3. The topological polar surface area (TPSA) is 67.2 Å². The van der Waals surface area contributed by atoms with Crippen molar-refractivity contribution in [2.24, 2.45) is 13.0 Å². The highest BCUT2D eigenvalue weighted by atomic mass is 19.1. The number of amides is 1. The third-order valence-electron chi connectivity index (χ3n) is 4.28. The summed E-state index contributed by atoms with van der Waals surface area (Å²) in [6, 6.07) is 5.88. The third kappa shape index (κ3) is 3.76. The first-order valence-corrected chi connectivity index (χ1v) is 7.71. The summed E-state index contributed by atoms with van der Waals surface area (Å²) >= 11 is 0. The molecular formula is C17H20FN3O2. The largest absolute Gasteiger partial charge is 0.393 e. The molecule has 1 heterocycles. The van der Waals surface area contributed by atoms with Gasteiger partial charge in [-0.15, -0.1) is 0 Å². The van der Waals surface area contributed by atoms with Gasteiger partial charge in [-0.05, 0) is 36.5 Å². The summed E-state index contributed by atoms with van der Waals surface area (Å²) in [5.74, 6) is -0.308. The lowest BCUT2D eigenvalue weighted by molar-refractivity contribution is -0.122. The second kappa shape index (κ2) is 6.50. The first-order valence-electron chi connectivity index (χ1n) is 7.71. The lowest BCUT2D eigenvalue weighted by Gasteiger charge is -2.37. The minimum atomic E-state index is -0.346. The molecule has 2 aromatic rings. The third-order valence-corrected chi connectivity index (χ3v) is 4.28. The number of hydrogen-bond donors (Lipinski definition) is 2. The maximum Gasteiger partial charge on any atom is 0.224 e. The Morgan fingerprint density at radius 3 is 2.91 bits per heavy atom. The van der Waals surface area contributed by atoms with Crippen molar-refractivity contribution < 1.29 is 14.3 Å². The highest BCUT2D eigenvalue weighted by Gasteiger charge is 2.36. The van der Waals surface area contributed by atoms with Crippen molar-refractivity contribution in [2.45, 2.75) is 31.4 Å². The number of aliphatic hydroxyl groups is 1.